The molecule has 0 atom stereocenters. The number of carbonyl (C=O) groups is 2. The van der Waals surface area contributed by atoms with Crippen molar-refractivity contribution in [2.75, 3.05) is 13.2 Å². The Hall–Kier alpha value is -3.41. The summed E-state index contributed by atoms with van der Waals surface area (Å²) in [5.74, 6) is -0.911. The van der Waals surface area contributed by atoms with Gasteiger partial charge in [-0.3, -0.25) is 0 Å². The van der Waals surface area contributed by atoms with Crippen LogP contribution in [0.1, 0.15) is 32.1 Å². The van der Waals surface area contributed by atoms with E-state index in [9.17, 15) is 9.59 Å². The fourth-order valence-electron chi connectivity index (χ4n) is 2.64. The quantitative estimate of drug-likeness (QED) is 0.494. The molecule has 0 fully saturated rings. The summed E-state index contributed by atoms with van der Waals surface area (Å²) in [7, 11) is 0. The highest BCUT2D eigenvalue weighted by Crippen LogP contribution is 2.13. The van der Waals surface area contributed by atoms with Crippen LogP contribution in [0.15, 0.2) is 60.7 Å². The zero-order valence-corrected chi connectivity index (χ0v) is 15.2. The number of ether oxygens (including phenoxy) is 2. The lowest BCUT2D eigenvalue weighted by Gasteiger charge is -2.08. The van der Waals surface area contributed by atoms with E-state index in [2.05, 4.69) is 5.10 Å². The zero-order valence-electron chi connectivity index (χ0n) is 15.2. The molecule has 3 rings (SSSR count). The van der Waals surface area contributed by atoms with Crippen LogP contribution in [0.4, 0.5) is 0 Å². The molecule has 3 aromatic rings. The Morgan fingerprint density at radius 2 is 1.41 bits per heavy atom. The Morgan fingerprint density at radius 3 is 1.93 bits per heavy atom. The van der Waals surface area contributed by atoms with Crippen LogP contribution in [0.2, 0.25) is 0 Å². The lowest BCUT2D eigenvalue weighted by atomic mass is 10.2. The SMILES string of the molecule is Cc1cc(C)n(-c2ccc(C(=O)OCCOC(=O)c3ccccc3)cc2)n1. The van der Waals surface area contributed by atoms with E-state index >= 15 is 0 Å². The predicted octanol–water partition coefficient (Wildman–Crippen LogP) is 3.50. The second-order valence-corrected chi connectivity index (χ2v) is 6.02. The molecule has 0 aliphatic rings. The van der Waals surface area contributed by atoms with Crippen LogP contribution in [-0.4, -0.2) is 34.9 Å². The van der Waals surface area contributed by atoms with Gasteiger partial charge in [-0.25, -0.2) is 14.3 Å². The van der Waals surface area contributed by atoms with Crippen LogP contribution >= 0.6 is 0 Å². The van der Waals surface area contributed by atoms with Gasteiger partial charge in [-0.1, -0.05) is 18.2 Å². The van der Waals surface area contributed by atoms with Gasteiger partial charge in [0.2, 0.25) is 0 Å². The van der Waals surface area contributed by atoms with Crippen molar-refractivity contribution in [3.05, 3.63) is 83.2 Å². The van der Waals surface area contributed by atoms with Crippen molar-refractivity contribution >= 4 is 11.9 Å². The van der Waals surface area contributed by atoms with Gasteiger partial charge in [0.1, 0.15) is 13.2 Å². The molecule has 0 aliphatic heterocycles. The van der Waals surface area contributed by atoms with E-state index in [0.717, 1.165) is 17.1 Å². The van der Waals surface area contributed by atoms with Crippen LogP contribution < -0.4 is 0 Å². The molecule has 6 nitrogen and oxygen atoms in total. The molecular formula is C21H20N2O4. The van der Waals surface area contributed by atoms with Gasteiger partial charge in [-0.05, 0) is 56.3 Å². The first-order valence-corrected chi connectivity index (χ1v) is 8.57. The Kier molecular flexibility index (Phi) is 5.66. The van der Waals surface area contributed by atoms with Gasteiger partial charge < -0.3 is 9.47 Å². The van der Waals surface area contributed by atoms with Crippen molar-refractivity contribution < 1.29 is 19.1 Å². The van der Waals surface area contributed by atoms with Crippen molar-refractivity contribution in [3.63, 3.8) is 0 Å². The summed E-state index contributed by atoms with van der Waals surface area (Å²) in [6, 6.07) is 17.6. The standard InChI is InChI=1S/C21H20N2O4/c1-15-14-16(2)23(22-15)19-10-8-18(9-11-19)21(25)27-13-12-26-20(24)17-6-4-3-5-7-17/h3-11,14H,12-13H2,1-2H3. The molecule has 0 radical (unpaired) electrons. The monoisotopic (exact) mass is 364 g/mol. The van der Waals surface area contributed by atoms with Crippen LogP contribution in [0, 0.1) is 13.8 Å². The van der Waals surface area contributed by atoms with Crippen molar-refractivity contribution in [2.24, 2.45) is 0 Å². The van der Waals surface area contributed by atoms with Crippen molar-refractivity contribution in [1.29, 1.82) is 0 Å². The van der Waals surface area contributed by atoms with Crippen molar-refractivity contribution in [3.8, 4) is 5.69 Å². The highest BCUT2D eigenvalue weighted by molar-refractivity contribution is 5.90. The summed E-state index contributed by atoms with van der Waals surface area (Å²) in [5, 5.41) is 4.41. The first-order valence-electron chi connectivity index (χ1n) is 8.57. The molecule has 6 heteroatoms. The second kappa shape index (κ2) is 8.31. The van der Waals surface area contributed by atoms with Gasteiger partial charge in [0.15, 0.2) is 0 Å². The average Bonchev–Trinajstić information content (AvgIpc) is 3.03. The third-order valence-electron chi connectivity index (χ3n) is 3.92. The molecule has 0 unspecified atom stereocenters. The highest BCUT2D eigenvalue weighted by Gasteiger charge is 2.10. The van der Waals surface area contributed by atoms with E-state index in [-0.39, 0.29) is 13.2 Å². The number of carbonyl (C=O) groups excluding carboxylic acids is 2. The molecule has 0 saturated carbocycles. The largest absolute Gasteiger partial charge is 0.458 e. The first-order chi connectivity index (χ1) is 13.0. The van der Waals surface area contributed by atoms with Crippen LogP contribution in [0.25, 0.3) is 5.69 Å². The molecule has 0 aliphatic carbocycles. The van der Waals surface area contributed by atoms with E-state index in [0.29, 0.717) is 11.1 Å². The Labute approximate surface area is 157 Å². The Morgan fingerprint density at radius 1 is 0.852 bits per heavy atom. The third-order valence-corrected chi connectivity index (χ3v) is 3.92. The number of rotatable bonds is 6. The van der Waals surface area contributed by atoms with E-state index in [1.165, 1.54) is 0 Å². The maximum Gasteiger partial charge on any atom is 0.338 e. The van der Waals surface area contributed by atoms with Gasteiger partial charge in [0, 0.05) is 5.69 Å². The van der Waals surface area contributed by atoms with Crippen molar-refractivity contribution in [1.82, 2.24) is 9.78 Å². The number of aromatic nitrogens is 2. The lowest BCUT2D eigenvalue weighted by molar-refractivity contribution is 0.0265. The molecule has 138 valence electrons. The molecule has 1 aromatic heterocycles. The van der Waals surface area contributed by atoms with Gasteiger partial charge in [-0.15, -0.1) is 0 Å². The van der Waals surface area contributed by atoms with E-state index in [1.54, 1.807) is 36.4 Å². The molecular weight excluding hydrogens is 344 g/mol. The molecule has 0 N–H and O–H groups in total. The summed E-state index contributed by atoms with van der Waals surface area (Å²) >= 11 is 0. The minimum absolute atomic E-state index is 0.00328. The number of hydrogen-bond acceptors (Lipinski definition) is 5. The van der Waals surface area contributed by atoms with Gasteiger partial charge >= 0.3 is 11.9 Å². The summed E-state index contributed by atoms with van der Waals surface area (Å²) in [6.07, 6.45) is 0. The minimum Gasteiger partial charge on any atom is -0.458 e. The minimum atomic E-state index is -0.467. The molecule has 0 bridgehead atoms. The highest BCUT2D eigenvalue weighted by atomic mass is 16.6. The van der Waals surface area contributed by atoms with Gasteiger partial charge in [0.25, 0.3) is 0 Å². The molecule has 0 saturated heterocycles. The van der Waals surface area contributed by atoms with Crippen molar-refractivity contribution in [2.45, 2.75) is 13.8 Å². The zero-order chi connectivity index (χ0) is 19.2. The van der Waals surface area contributed by atoms with Gasteiger partial charge in [0.05, 0.1) is 22.5 Å². The molecule has 0 spiro atoms. The lowest BCUT2D eigenvalue weighted by Crippen LogP contribution is -2.14. The molecule has 2 aromatic carbocycles. The number of nitrogens with zero attached hydrogens (tertiary/aromatic N) is 2. The van der Waals surface area contributed by atoms with Crippen LogP contribution in [0.3, 0.4) is 0 Å². The van der Waals surface area contributed by atoms with E-state index < -0.39 is 11.9 Å². The fourth-order valence-corrected chi connectivity index (χ4v) is 2.64. The Bertz CT molecular complexity index is 931. The van der Waals surface area contributed by atoms with Crippen LogP contribution in [0.5, 0.6) is 0 Å². The second-order valence-electron chi connectivity index (χ2n) is 6.02. The van der Waals surface area contributed by atoms with E-state index in [4.69, 9.17) is 9.47 Å². The summed E-state index contributed by atoms with van der Waals surface area (Å²) in [4.78, 5) is 23.9. The Balaban J connectivity index is 1.50. The smallest absolute Gasteiger partial charge is 0.338 e. The first kappa shape index (κ1) is 18.4. The van der Waals surface area contributed by atoms with Gasteiger partial charge in [-0.2, -0.15) is 5.10 Å². The van der Waals surface area contributed by atoms with E-state index in [1.807, 2.05) is 42.8 Å². The number of esters is 2. The van der Waals surface area contributed by atoms with Crippen LogP contribution in [-0.2, 0) is 9.47 Å². The molecule has 27 heavy (non-hydrogen) atoms. The normalized spacial score (nSPS) is 10.4. The maximum absolute atomic E-state index is 12.1. The summed E-state index contributed by atoms with van der Waals surface area (Å²) in [5.41, 5.74) is 3.70. The third kappa shape index (κ3) is 4.61. The summed E-state index contributed by atoms with van der Waals surface area (Å²) < 4.78 is 12.0. The topological polar surface area (TPSA) is 70.4 Å². The summed E-state index contributed by atoms with van der Waals surface area (Å²) in [6.45, 7) is 3.90. The predicted molar refractivity (Wildman–Crippen MR) is 100 cm³/mol. The number of hydrogen-bond donors (Lipinski definition) is 0. The number of aryl methyl sites for hydroxylation is 2. The molecule has 1 heterocycles. The molecule has 0 amide bonds. The number of benzene rings is 2. The maximum atomic E-state index is 12.1. The fraction of sp³-hybridized carbons (Fsp3) is 0.190. The average molecular weight is 364 g/mol.